The average molecular weight is 356 g/mol. The molecule has 6 heteroatoms. The smallest absolute Gasteiger partial charge is 0.244 e. The second-order valence-corrected chi connectivity index (χ2v) is 5.70. The molecule has 0 heterocycles. The lowest BCUT2D eigenvalue weighted by atomic mass is 10.1. The summed E-state index contributed by atoms with van der Waals surface area (Å²) in [6.07, 6.45) is 0.802. The molecule has 0 spiro atoms. The Morgan fingerprint density at radius 1 is 1.08 bits per heavy atom. The van der Waals surface area contributed by atoms with Crippen LogP contribution in [0.15, 0.2) is 42.5 Å². The molecule has 0 aliphatic carbocycles. The van der Waals surface area contributed by atoms with Crippen molar-refractivity contribution in [3.05, 3.63) is 48.0 Å². The second kappa shape index (κ2) is 8.89. The number of benzene rings is 2. The zero-order chi connectivity index (χ0) is 19.1. The predicted octanol–water partition coefficient (Wildman–Crippen LogP) is 3.26. The number of nitrogens with zero attached hydrogens (tertiary/aromatic N) is 1. The van der Waals surface area contributed by atoms with Gasteiger partial charge in [0.25, 0.3) is 0 Å². The van der Waals surface area contributed by atoms with Crippen LogP contribution >= 0.6 is 0 Å². The maximum absolute atomic E-state index is 12.5. The molecule has 0 aromatic heterocycles. The molecule has 138 valence electrons. The van der Waals surface area contributed by atoms with Gasteiger partial charge in [-0.25, -0.2) is 0 Å². The van der Waals surface area contributed by atoms with Gasteiger partial charge < -0.3 is 14.8 Å². The van der Waals surface area contributed by atoms with E-state index in [-0.39, 0.29) is 18.4 Å². The number of ether oxygens (including phenoxy) is 2. The van der Waals surface area contributed by atoms with E-state index in [9.17, 15) is 9.59 Å². The fourth-order valence-corrected chi connectivity index (χ4v) is 2.66. The Bertz CT molecular complexity index is 789. The number of carbonyl (C=O) groups excluding carboxylic acids is 2. The SMILES string of the molecule is CCc1ccccc1NC(=O)CN(C(C)=O)c1cc(OC)ccc1OC. The van der Waals surface area contributed by atoms with Gasteiger partial charge in [-0.05, 0) is 30.2 Å². The Hall–Kier alpha value is -3.02. The number of hydrogen-bond donors (Lipinski definition) is 1. The fourth-order valence-electron chi connectivity index (χ4n) is 2.66. The van der Waals surface area contributed by atoms with E-state index < -0.39 is 0 Å². The van der Waals surface area contributed by atoms with E-state index in [4.69, 9.17) is 9.47 Å². The minimum atomic E-state index is -0.286. The highest BCUT2D eigenvalue weighted by molar-refractivity contribution is 6.03. The number of amides is 2. The molecule has 0 bridgehead atoms. The number of para-hydroxylation sites is 1. The van der Waals surface area contributed by atoms with Crippen molar-refractivity contribution in [3.8, 4) is 11.5 Å². The van der Waals surface area contributed by atoms with Crippen molar-refractivity contribution in [2.24, 2.45) is 0 Å². The van der Waals surface area contributed by atoms with Crippen molar-refractivity contribution < 1.29 is 19.1 Å². The van der Waals surface area contributed by atoms with Crippen LogP contribution in [-0.4, -0.2) is 32.6 Å². The van der Waals surface area contributed by atoms with Crippen LogP contribution in [0.5, 0.6) is 11.5 Å². The van der Waals surface area contributed by atoms with Gasteiger partial charge in [0, 0.05) is 18.7 Å². The molecule has 2 aromatic rings. The molecule has 0 saturated heterocycles. The van der Waals surface area contributed by atoms with E-state index in [0.717, 1.165) is 17.7 Å². The molecule has 0 fully saturated rings. The van der Waals surface area contributed by atoms with E-state index in [0.29, 0.717) is 17.2 Å². The van der Waals surface area contributed by atoms with Gasteiger partial charge in [0.2, 0.25) is 11.8 Å². The second-order valence-electron chi connectivity index (χ2n) is 5.70. The third-order valence-electron chi connectivity index (χ3n) is 4.03. The highest BCUT2D eigenvalue weighted by Crippen LogP contribution is 2.32. The Morgan fingerprint density at radius 2 is 1.81 bits per heavy atom. The summed E-state index contributed by atoms with van der Waals surface area (Å²) in [7, 11) is 3.05. The van der Waals surface area contributed by atoms with Gasteiger partial charge in [-0.3, -0.25) is 14.5 Å². The van der Waals surface area contributed by atoms with E-state index >= 15 is 0 Å². The number of nitrogens with one attached hydrogen (secondary N) is 1. The molecule has 0 aliphatic rings. The summed E-state index contributed by atoms with van der Waals surface area (Å²) >= 11 is 0. The Balaban J connectivity index is 2.26. The number of carbonyl (C=O) groups is 2. The van der Waals surface area contributed by atoms with Crippen LogP contribution in [0, 0.1) is 0 Å². The van der Waals surface area contributed by atoms with Gasteiger partial charge in [0.15, 0.2) is 0 Å². The topological polar surface area (TPSA) is 67.9 Å². The summed E-state index contributed by atoms with van der Waals surface area (Å²) in [5.74, 6) is 0.507. The van der Waals surface area contributed by atoms with Gasteiger partial charge >= 0.3 is 0 Å². The maximum Gasteiger partial charge on any atom is 0.244 e. The first-order valence-corrected chi connectivity index (χ1v) is 8.38. The number of aryl methyl sites for hydroxylation is 1. The first kappa shape index (κ1) is 19.3. The molecular formula is C20H24N2O4. The van der Waals surface area contributed by atoms with Crippen LogP contribution in [0.1, 0.15) is 19.4 Å². The Morgan fingerprint density at radius 3 is 2.42 bits per heavy atom. The van der Waals surface area contributed by atoms with Crippen LogP contribution in [-0.2, 0) is 16.0 Å². The zero-order valence-electron chi connectivity index (χ0n) is 15.5. The molecule has 2 amide bonds. The largest absolute Gasteiger partial charge is 0.497 e. The van der Waals surface area contributed by atoms with Crippen LogP contribution < -0.4 is 19.7 Å². The number of methoxy groups -OCH3 is 2. The molecule has 2 aromatic carbocycles. The first-order valence-electron chi connectivity index (χ1n) is 8.38. The molecular weight excluding hydrogens is 332 g/mol. The van der Waals surface area contributed by atoms with Crippen molar-refractivity contribution >= 4 is 23.2 Å². The summed E-state index contributed by atoms with van der Waals surface area (Å²) in [4.78, 5) is 26.1. The standard InChI is InChI=1S/C20H24N2O4/c1-5-15-8-6-7-9-17(15)21-20(24)13-22(14(2)23)18-12-16(25-3)10-11-19(18)26-4/h6-12H,5,13H2,1-4H3,(H,21,24). The van der Waals surface area contributed by atoms with E-state index in [1.54, 1.807) is 18.2 Å². The van der Waals surface area contributed by atoms with Crippen molar-refractivity contribution in [2.45, 2.75) is 20.3 Å². The molecule has 6 nitrogen and oxygen atoms in total. The van der Waals surface area contributed by atoms with E-state index in [1.165, 1.54) is 26.0 Å². The van der Waals surface area contributed by atoms with Crippen molar-refractivity contribution in [2.75, 3.05) is 31.0 Å². The van der Waals surface area contributed by atoms with Gasteiger partial charge in [-0.2, -0.15) is 0 Å². The molecule has 0 unspecified atom stereocenters. The average Bonchev–Trinajstić information content (AvgIpc) is 2.65. The third-order valence-corrected chi connectivity index (χ3v) is 4.03. The normalized spacial score (nSPS) is 10.2. The summed E-state index contributed by atoms with van der Waals surface area (Å²) < 4.78 is 10.6. The molecule has 0 saturated carbocycles. The van der Waals surface area contributed by atoms with Crippen LogP contribution in [0.4, 0.5) is 11.4 Å². The molecule has 0 aliphatic heterocycles. The molecule has 0 atom stereocenters. The predicted molar refractivity (Wildman–Crippen MR) is 102 cm³/mol. The molecule has 26 heavy (non-hydrogen) atoms. The molecule has 1 N–H and O–H groups in total. The van der Waals surface area contributed by atoms with Crippen molar-refractivity contribution in [3.63, 3.8) is 0 Å². The fraction of sp³-hybridized carbons (Fsp3) is 0.300. The van der Waals surface area contributed by atoms with Gasteiger partial charge in [-0.1, -0.05) is 25.1 Å². The maximum atomic E-state index is 12.5. The first-order chi connectivity index (χ1) is 12.5. The van der Waals surface area contributed by atoms with Gasteiger partial charge in [0.05, 0.1) is 19.9 Å². The van der Waals surface area contributed by atoms with Crippen LogP contribution in [0.2, 0.25) is 0 Å². The minimum Gasteiger partial charge on any atom is -0.497 e. The summed E-state index contributed by atoms with van der Waals surface area (Å²) in [6.45, 7) is 3.30. The highest BCUT2D eigenvalue weighted by Gasteiger charge is 2.20. The summed E-state index contributed by atoms with van der Waals surface area (Å²) in [6, 6.07) is 12.7. The summed E-state index contributed by atoms with van der Waals surface area (Å²) in [5, 5.41) is 2.88. The van der Waals surface area contributed by atoms with Crippen LogP contribution in [0.3, 0.4) is 0 Å². The zero-order valence-corrected chi connectivity index (χ0v) is 15.5. The molecule has 0 radical (unpaired) electrons. The lowest BCUT2D eigenvalue weighted by molar-refractivity contribution is -0.120. The summed E-state index contributed by atoms with van der Waals surface area (Å²) in [5.41, 5.74) is 2.27. The Kier molecular flexibility index (Phi) is 6.60. The van der Waals surface area contributed by atoms with Gasteiger partial charge in [-0.15, -0.1) is 0 Å². The quantitative estimate of drug-likeness (QED) is 0.827. The lowest BCUT2D eigenvalue weighted by Gasteiger charge is -2.23. The number of rotatable bonds is 7. The highest BCUT2D eigenvalue weighted by atomic mass is 16.5. The Labute approximate surface area is 153 Å². The van der Waals surface area contributed by atoms with Crippen LogP contribution in [0.25, 0.3) is 0 Å². The lowest BCUT2D eigenvalue weighted by Crippen LogP contribution is -2.37. The number of hydrogen-bond acceptors (Lipinski definition) is 4. The monoisotopic (exact) mass is 356 g/mol. The van der Waals surface area contributed by atoms with Crippen molar-refractivity contribution in [1.82, 2.24) is 0 Å². The minimum absolute atomic E-state index is 0.128. The van der Waals surface area contributed by atoms with Gasteiger partial charge in [0.1, 0.15) is 18.0 Å². The van der Waals surface area contributed by atoms with E-state index in [1.807, 2.05) is 31.2 Å². The number of anilines is 2. The van der Waals surface area contributed by atoms with Crippen molar-refractivity contribution in [1.29, 1.82) is 0 Å². The molecule has 2 rings (SSSR count). The third kappa shape index (κ3) is 4.53. The van der Waals surface area contributed by atoms with E-state index in [2.05, 4.69) is 5.32 Å².